The maximum absolute atomic E-state index is 11.5. The van der Waals surface area contributed by atoms with Gasteiger partial charge in [-0.2, -0.15) is 0 Å². The van der Waals surface area contributed by atoms with Gasteiger partial charge in [-0.1, -0.05) is 58.3 Å². The molecule has 0 N–H and O–H groups in total. The van der Waals surface area contributed by atoms with E-state index in [9.17, 15) is 4.79 Å². The predicted molar refractivity (Wildman–Crippen MR) is 86.4 cm³/mol. The Morgan fingerprint density at radius 1 is 1.00 bits per heavy atom. The van der Waals surface area contributed by atoms with E-state index in [-0.39, 0.29) is 11.6 Å². The third kappa shape index (κ3) is 10.8. The molecule has 0 bridgehead atoms. The van der Waals surface area contributed by atoms with Gasteiger partial charge in [0.15, 0.2) is 0 Å². The van der Waals surface area contributed by atoms with Gasteiger partial charge >= 0.3 is 5.97 Å². The van der Waals surface area contributed by atoms with Gasteiger partial charge in [0.25, 0.3) is 0 Å². The zero-order valence-corrected chi connectivity index (χ0v) is 14.1. The van der Waals surface area contributed by atoms with Crippen LogP contribution in [-0.4, -0.2) is 24.8 Å². The minimum absolute atomic E-state index is 0.0279. The van der Waals surface area contributed by atoms with Gasteiger partial charge in [0.2, 0.25) is 0 Å². The van der Waals surface area contributed by atoms with Crippen LogP contribution in [0.15, 0.2) is 0 Å². The monoisotopic (exact) mass is 298 g/mol. The molecule has 1 atom stereocenters. The quantitative estimate of drug-likeness (QED) is 0.257. The molecule has 1 heterocycles. The first-order valence-electron chi connectivity index (χ1n) is 8.96. The summed E-state index contributed by atoms with van der Waals surface area (Å²) in [5.41, 5.74) is 0.0868. The molecule has 1 unspecified atom stereocenters. The standard InChI is InChI=1S/C18H34O3/c1-3-4-5-6-7-8-9-10-11-13-17(19)20-15-12-14-18(2)16-21-18/h3-16H2,1-2H3. The Morgan fingerprint density at radius 3 is 2.14 bits per heavy atom. The highest BCUT2D eigenvalue weighted by Gasteiger charge is 2.38. The highest BCUT2D eigenvalue weighted by Crippen LogP contribution is 2.30. The Hall–Kier alpha value is -0.570. The molecule has 3 heteroatoms. The lowest BCUT2D eigenvalue weighted by molar-refractivity contribution is -0.144. The van der Waals surface area contributed by atoms with E-state index in [0.29, 0.717) is 13.0 Å². The van der Waals surface area contributed by atoms with Crippen LogP contribution in [0.25, 0.3) is 0 Å². The lowest BCUT2D eigenvalue weighted by Gasteiger charge is -2.06. The fourth-order valence-corrected chi connectivity index (χ4v) is 2.55. The topological polar surface area (TPSA) is 38.8 Å². The van der Waals surface area contributed by atoms with E-state index >= 15 is 0 Å². The minimum Gasteiger partial charge on any atom is -0.466 e. The second-order valence-electron chi connectivity index (χ2n) is 6.64. The molecule has 1 rings (SSSR count). The van der Waals surface area contributed by atoms with Crippen LogP contribution in [0.2, 0.25) is 0 Å². The molecule has 21 heavy (non-hydrogen) atoms. The highest BCUT2D eigenvalue weighted by atomic mass is 16.6. The van der Waals surface area contributed by atoms with E-state index in [4.69, 9.17) is 9.47 Å². The molecular formula is C18H34O3. The van der Waals surface area contributed by atoms with Gasteiger partial charge in [-0.15, -0.1) is 0 Å². The summed E-state index contributed by atoms with van der Waals surface area (Å²) in [5.74, 6) is -0.0279. The van der Waals surface area contributed by atoms with Crippen molar-refractivity contribution in [2.75, 3.05) is 13.2 Å². The van der Waals surface area contributed by atoms with Gasteiger partial charge in [0.05, 0.1) is 18.8 Å². The van der Waals surface area contributed by atoms with Gasteiger partial charge < -0.3 is 9.47 Å². The zero-order chi connectivity index (χ0) is 15.4. The summed E-state index contributed by atoms with van der Waals surface area (Å²) in [4.78, 5) is 11.5. The summed E-state index contributed by atoms with van der Waals surface area (Å²) >= 11 is 0. The molecule has 124 valence electrons. The largest absolute Gasteiger partial charge is 0.466 e. The summed E-state index contributed by atoms with van der Waals surface area (Å²) < 4.78 is 10.5. The number of carbonyl (C=O) groups is 1. The van der Waals surface area contributed by atoms with Crippen LogP contribution in [0.5, 0.6) is 0 Å². The van der Waals surface area contributed by atoms with Crippen molar-refractivity contribution in [1.29, 1.82) is 0 Å². The number of carbonyl (C=O) groups excluding carboxylic acids is 1. The number of rotatable bonds is 14. The van der Waals surface area contributed by atoms with Crippen molar-refractivity contribution in [3.05, 3.63) is 0 Å². The fourth-order valence-electron chi connectivity index (χ4n) is 2.55. The second kappa shape index (κ2) is 11.1. The van der Waals surface area contributed by atoms with Gasteiger partial charge in [0, 0.05) is 6.42 Å². The molecule has 1 fully saturated rings. The van der Waals surface area contributed by atoms with E-state index in [0.717, 1.165) is 32.3 Å². The Morgan fingerprint density at radius 2 is 1.57 bits per heavy atom. The Kier molecular flexibility index (Phi) is 9.73. The Balaban J connectivity index is 1.76. The number of unbranched alkanes of at least 4 members (excludes halogenated alkanes) is 8. The number of epoxide rings is 1. The molecule has 0 spiro atoms. The third-order valence-electron chi connectivity index (χ3n) is 4.23. The molecule has 1 aliphatic rings. The number of ether oxygens (including phenoxy) is 2. The normalized spacial score (nSPS) is 20.5. The van der Waals surface area contributed by atoms with Crippen LogP contribution in [0.3, 0.4) is 0 Å². The smallest absolute Gasteiger partial charge is 0.305 e. The van der Waals surface area contributed by atoms with E-state index in [2.05, 4.69) is 13.8 Å². The minimum atomic E-state index is -0.0279. The second-order valence-corrected chi connectivity index (χ2v) is 6.64. The molecule has 1 saturated heterocycles. The van der Waals surface area contributed by atoms with Gasteiger partial charge in [-0.05, 0) is 26.2 Å². The van der Waals surface area contributed by atoms with Crippen LogP contribution in [0, 0.1) is 0 Å². The van der Waals surface area contributed by atoms with Crippen LogP contribution in [-0.2, 0) is 14.3 Å². The van der Waals surface area contributed by atoms with Gasteiger partial charge in [0.1, 0.15) is 0 Å². The Labute approximate surface area is 130 Å². The van der Waals surface area contributed by atoms with Crippen molar-refractivity contribution in [2.24, 2.45) is 0 Å². The molecular weight excluding hydrogens is 264 g/mol. The van der Waals surface area contributed by atoms with Crippen LogP contribution in [0.1, 0.15) is 90.9 Å². The van der Waals surface area contributed by atoms with Crippen molar-refractivity contribution in [3.8, 4) is 0 Å². The number of esters is 1. The molecule has 0 aromatic rings. The first-order chi connectivity index (χ1) is 10.2. The first-order valence-corrected chi connectivity index (χ1v) is 8.96. The molecule has 0 radical (unpaired) electrons. The maximum atomic E-state index is 11.5. The van der Waals surface area contributed by atoms with Crippen LogP contribution < -0.4 is 0 Å². The van der Waals surface area contributed by atoms with Gasteiger partial charge in [-0.3, -0.25) is 4.79 Å². The molecule has 0 aromatic heterocycles. The molecule has 0 aromatic carbocycles. The van der Waals surface area contributed by atoms with Gasteiger partial charge in [-0.25, -0.2) is 0 Å². The zero-order valence-electron chi connectivity index (χ0n) is 14.1. The van der Waals surface area contributed by atoms with E-state index in [1.165, 1.54) is 44.9 Å². The highest BCUT2D eigenvalue weighted by molar-refractivity contribution is 5.69. The summed E-state index contributed by atoms with van der Waals surface area (Å²) in [6.45, 7) is 5.77. The lowest BCUT2D eigenvalue weighted by Crippen LogP contribution is -2.09. The Bertz CT molecular complexity index is 272. The van der Waals surface area contributed by atoms with E-state index in [1.807, 2.05) is 0 Å². The summed E-state index contributed by atoms with van der Waals surface area (Å²) in [6.07, 6.45) is 14.0. The first kappa shape index (κ1) is 18.5. The fraction of sp³-hybridized carbons (Fsp3) is 0.944. The number of hydrogen-bond donors (Lipinski definition) is 0. The van der Waals surface area contributed by atoms with E-state index in [1.54, 1.807) is 0 Å². The molecule has 0 saturated carbocycles. The maximum Gasteiger partial charge on any atom is 0.305 e. The van der Waals surface area contributed by atoms with Crippen molar-refractivity contribution >= 4 is 5.97 Å². The van der Waals surface area contributed by atoms with Crippen molar-refractivity contribution < 1.29 is 14.3 Å². The molecule has 3 nitrogen and oxygen atoms in total. The molecule has 0 aliphatic carbocycles. The molecule has 0 amide bonds. The average Bonchev–Trinajstić information content (AvgIpc) is 3.20. The molecule has 1 aliphatic heterocycles. The van der Waals surface area contributed by atoms with E-state index < -0.39 is 0 Å². The predicted octanol–water partition coefficient (Wildman–Crippen LogP) is 5.02. The summed E-state index contributed by atoms with van der Waals surface area (Å²) in [5, 5.41) is 0. The van der Waals surface area contributed by atoms with Crippen molar-refractivity contribution in [3.63, 3.8) is 0 Å². The average molecular weight is 298 g/mol. The summed E-state index contributed by atoms with van der Waals surface area (Å²) in [7, 11) is 0. The lowest BCUT2D eigenvalue weighted by atomic mass is 10.1. The van der Waals surface area contributed by atoms with Crippen LogP contribution >= 0.6 is 0 Å². The SMILES string of the molecule is CCCCCCCCCCCC(=O)OCCCC1(C)CO1. The van der Waals surface area contributed by atoms with Crippen molar-refractivity contribution in [1.82, 2.24) is 0 Å². The summed E-state index contributed by atoms with van der Waals surface area (Å²) in [6, 6.07) is 0. The van der Waals surface area contributed by atoms with Crippen molar-refractivity contribution in [2.45, 2.75) is 96.5 Å². The third-order valence-corrected chi connectivity index (χ3v) is 4.23. The van der Waals surface area contributed by atoms with Crippen LogP contribution in [0.4, 0.5) is 0 Å². The number of hydrogen-bond acceptors (Lipinski definition) is 3.